The lowest BCUT2D eigenvalue weighted by Gasteiger charge is -2.32. The van der Waals surface area contributed by atoms with Crippen LogP contribution in [0.25, 0.3) is 0 Å². The van der Waals surface area contributed by atoms with Crippen molar-refractivity contribution in [2.75, 3.05) is 26.2 Å². The lowest BCUT2D eigenvalue weighted by atomic mass is 9.92. The molecule has 1 fully saturated rings. The Hall–Kier alpha value is -1.30. The molecule has 2 rings (SSSR count). The second-order valence-corrected chi connectivity index (χ2v) is 5.73. The summed E-state index contributed by atoms with van der Waals surface area (Å²) < 4.78 is 0. The van der Waals surface area contributed by atoms with Crippen LogP contribution in [0.1, 0.15) is 31.2 Å². The van der Waals surface area contributed by atoms with Gasteiger partial charge in [-0.25, -0.2) is 0 Å². The van der Waals surface area contributed by atoms with Crippen molar-refractivity contribution in [1.29, 1.82) is 0 Å². The fourth-order valence-corrected chi connectivity index (χ4v) is 2.95. The summed E-state index contributed by atoms with van der Waals surface area (Å²) in [5.74, 6) is 3.53. The number of piperidine rings is 1. The smallest absolute Gasteiger partial charge is 0.0573 e. The van der Waals surface area contributed by atoms with Crippen molar-refractivity contribution < 1.29 is 0 Å². The number of hydrogen-bond acceptors (Lipinski definition) is 2. The van der Waals surface area contributed by atoms with Crippen LogP contribution in [0.5, 0.6) is 0 Å². The van der Waals surface area contributed by atoms with Gasteiger partial charge in [-0.15, -0.1) is 6.42 Å². The molecular weight excluding hydrogens is 244 g/mol. The summed E-state index contributed by atoms with van der Waals surface area (Å²) in [6.45, 7) is 5.37. The Balaban J connectivity index is 1.59. The molecule has 1 aliphatic rings. The van der Waals surface area contributed by atoms with Gasteiger partial charge in [-0.1, -0.05) is 36.3 Å². The largest absolute Gasteiger partial charge is 0.306 e. The van der Waals surface area contributed by atoms with Crippen LogP contribution in [0.2, 0.25) is 0 Å². The lowest BCUT2D eigenvalue weighted by Crippen LogP contribution is -2.33. The van der Waals surface area contributed by atoms with Gasteiger partial charge in [0.15, 0.2) is 0 Å². The summed E-state index contributed by atoms with van der Waals surface area (Å²) in [5.41, 5.74) is 1.43. The highest BCUT2D eigenvalue weighted by Crippen LogP contribution is 2.22. The van der Waals surface area contributed by atoms with Crippen LogP contribution in [0.4, 0.5) is 0 Å². The molecular formula is C18H26N2. The van der Waals surface area contributed by atoms with Gasteiger partial charge >= 0.3 is 0 Å². The maximum Gasteiger partial charge on any atom is 0.0573 e. The molecule has 1 aromatic carbocycles. The third-order valence-corrected chi connectivity index (χ3v) is 4.15. The zero-order valence-corrected chi connectivity index (χ0v) is 12.4. The summed E-state index contributed by atoms with van der Waals surface area (Å²) in [6, 6.07) is 10.8. The molecule has 0 aliphatic carbocycles. The van der Waals surface area contributed by atoms with Gasteiger partial charge < -0.3 is 5.32 Å². The van der Waals surface area contributed by atoms with Crippen molar-refractivity contribution in [3.05, 3.63) is 35.9 Å². The minimum Gasteiger partial charge on any atom is -0.306 e. The van der Waals surface area contributed by atoms with E-state index in [2.05, 4.69) is 46.5 Å². The van der Waals surface area contributed by atoms with Crippen LogP contribution >= 0.6 is 0 Å². The molecule has 1 heterocycles. The van der Waals surface area contributed by atoms with Crippen molar-refractivity contribution in [1.82, 2.24) is 10.2 Å². The van der Waals surface area contributed by atoms with Crippen LogP contribution in [0.15, 0.2) is 30.3 Å². The second kappa shape index (κ2) is 8.79. The zero-order valence-electron chi connectivity index (χ0n) is 12.4. The molecule has 108 valence electrons. The van der Waals surface area contributed by atoms with E-state index in [1.807, 2.05) is 0 Å². The number of nitrogens with one attached hydrogen (secondary N) is 1. The van der Waals surface area contributed by atoms with Crippen LogP contribution in [-0.4, -0.2) is 31.1 Å². The van der Waals surface area contributed by atoms with Gasteiger partial charge in [0, 0.05) is 6.54 Å². The normalized spacial score (nSPS) is 16.9. The molecule has 0 saturated carbocycles. The summed E-state index contributed by atoms with van der Waals surface area (Å²) in [6.07, 6.45) is 10.5. The first-order valence-corrected chi connectivity index (χ1v) is 7.79. The standard InChI is InChI=1S/C18H26N2/c1-2-12-19-13-6-9-17-10-14-20(15-11-17)16-18-7-4-3-5-8-18/h1,3-5,7-8,17,19H,6,9-16H2. The fraction of sp³-hybridized carbons (Fsp3) is 0.556. The second-order valence-electron chi connectivity index (χ2n) is 5.73. The van der Waals surface area contributed by atoms with Gasteiger partial charge in [0.1, 0.15) is 0 Å². The Kier molecular flexibility index (Phi) is 6.63. The first kappa shape index (κ1) is 15.1. The van der Waals surface area contributed by atoms with Gasteiger partial charge in [0.2, 0.25) is 0 Å². The molecule has 0 aromatic heterocycles. The number of hydrogen-bond donors (Lipinski definition) is 1. The molecule has 1 N–H and O–H groups in total. The highest BCUT2D eigenvalue weighted by molar-refractivity contribution is 5.14. The van der Waals surface area contributed by atoms with E-state index in [1.54, 1.807) is 0 Å². The SMILES string of the molecule is C#CCNCCCC1CCN(Cc2ccccc2)CC1. The zero-order chi connectivity index (χ0) is 14.0. The van der Waals surface area contributed by atoms with Gasteiger partial charge in [0.25, 0.3) is 0 Å². The lowest BCUT2D eigenvalue weighted by molar-refractivity contribution is 0.171. The first-order chi connectivity index (χ1) is 9.88. The van der Waals surface area contributed by atoms with Crippen molar-refractivity contribution in [3.8, 4) is 12.3 Å². The van der Waals surface area contributed by atoms with Gasteiger partial charge in [-0.3, -0.25) is 4.90 Å². The number of terminal acetylenes is 1. The summed E-state index contributed by atoms with van der Waals surface area (Å²) in [5, 5.41) is 3.27. The third-order valence-electron chi connectivity index (χ3n) is 4.15. The van der Waals surface area contributed by atoms with Crippen LogP contribution in [0, 0.1) is 18.3 Å². The van der Waals surface area contributed by atoms with E-state index in [-0.39, 0.29) is 0 Å². The molecule has 0 spiro atoms. The van der Waals surface area contributed by atoms with Crippen molar-refractivity contribution in [2.24, 2.45) is 5.92 Å². The number of rotatable bonds is 7. The minimum absolute atomic E-state index is 0.704. The van der Waals surface area contributed by atoms with Gasteiger partial charge in [-0.05, 0) is 56.8 Å². The van der Waals surface area contributed by atoms with Crippen molar-refractivity contribution in [3.63, 3.8) is 0 Å². The molecule has 0 radical (unpaired) electrons. The topological polar surface area (TPSA) is 15.3 Å². The summed E-state index contributed by atoms with van der Waals surface area (Å²) in [4.78, 5) is 2.59. The monoisotopic (exact) mass is 270 g/mol. The minimum atomic E-state index is 0.704. The molecule has 2 heteroatoms. The maximum atomic E-state index is 5.21. The molecule has 0 unspecified atom stereocenters. The molecule has 0 bridgehead atoms. The summed E-state index contributed by atoms with van der Waals surface area (Å²) >= 11 is 0. The quantitative estimate of drug-likeness (QED) is 0.605. The molecule has 1 aliphatic heterocycles. The first-order valence-electron chi connectivity index (χ1n) is 7.79. The molecule has 20 heavy (non-hydrogen) atoms. The van der Waals surface area contributed by atoms with E-state index in [0.29, 0.717) is 6.54 Å². The Morgan fingerprint density at radius 1 is 1.20 bits per heavy atom. The van der Waals surface area contributed by atoms with Crippen molar-refractivity contribution >= 4 is 0 Å². The Morgan fingerprint density at radius 2 is 1.95 bits per heavy atom. The highest BCUT2D eigenvalue weighted by atomic mass is 15.1. The van der Waals surface area contributed by atoms with Gasteiger partial charge in [-0.2, -0.15) is 0 Å². The van der Waals surface area contributed by atoms with Crippen LogP contribution in [-0.2, 0) is 6.54 Å². The van der Waals surface area contributed by atoms with E-state index in [9.17, 15) is 0 Å². The fourth-order valence-electron chi connectivity index (χ4n) is 2.95. The molecule has 1 saturated heterocycles. The molecule has 2 nitrogen and oxygen atoms in total. The Labute approximate surface area is 123 Å². The highest BCUT2D eigenvalue weighted by Gasteiger charge is 2.18. The predicted molar refractivity (Wildman–Crippen MR) is 85.4 cm³/mol. The van der Waals surface area contributed by atoms with Crippen LogP contribution < -0.4 is 5.32 Å². The maximum absolute atomic E-state index is 5.21. The van der Waals surface area contributed by atoms with Crippen molar-refractivity contribution in [2.45, 2.75) is 32.2 Å². The summed E-state index contributed by atoms with van der Waals surface area (Å²) in [7, 11) is 0. The van der Waals surface area contributed by atoms with E-state index < -0.39 is 0 Å². The molecule has 0 atom stereocenters. The number of benzene rings is 1. The Bertz CT molecular complexity index is 399. The van der Waals surface area contributed by atoms with E-state index in [1.165, 1.54) is 44.3 Å². The van der Waals surface area contributed by atoms with Crippen LogP contribution in [0.3, 0.4) is 0 Å². The molecule has 1 aromatic rings. The molecule has 0 amide bonds. The predicted octanol–water partition coefficient (Wildman–Crippen LogP) is 2.90. The Morgan fingerprint density at radius 3 is 2.65 bits per heavy atom. The van der Waals surface area contributed by atoms with E-state index in [0.717, 1.165) is 19.0 Å². The number of likely N-dealkylation sites (tertiary alicyclic amines) is 1. The van der Waals surface area contributed by atoms with Gasteiger partial charge in [0.05, 0.1) is 6.54 Å². The van der Waals surface area contributed by atoms with E-state index in [4.69, 9.17) is 6.42 Å². The average Bonchev–Trinajstić information content (AvgIpc) is 2.50. The third kappa shape index (κ3) is 5.36. The number of nitrogens with zero attached hydrogens (tertiary/aromatic N) is 1. The average molecular weight is 270 g/mol. The van der Waals surface area contributed by atoms with E-state index >= 15 is 0 Å².